The molecule has 0 aliphatic rings. The summed E-state index contributed by atoms with van der Waals surface area (Å²) in [7, 11) is 0. The first kappa shape index (κ1) is 14.1. The van der Waals surface area contributed by atoms with Gasteiger partial charge in [0.2, 0.25) is 5.88 Å². The van der Waals surface area contributed by atoms with E-state index in [-0.39, 0.29) is 11.6 Å². The molecule has 0 atom stereocenters. The van der Waals surface area contributed by atoms with Crippen molar-refractivity contribution in [3.63, 3.8) is 0 Å². The predicted molar refractivity (Wildman–Crippen MR) is 81.7 cm³/mol. The number of carbonyl (C=O) groups excluding carboxylic acids is 1. The standard InChI is InChI=1S/C16H15N3O3/c1-8-6-9(2)13-12(7-8)14(16(21)17-13)18-19-15(20)11-4-5-22-10(11)3/h4-7,17,21H,1-3H3. The maximum atomic E-state index is 12.0. The number of carbonyl (C=O) groups is 1. The summed E-state index contributed by atoms with van der Waals surface area (Å²) in [5.41, 5.74) is 3.43. The van der Waals surface area contributed by atoms with Crippen molar-refractivity contribution in [3.05, 3.63) is 46.9 Å². The average molecular weight is 297 g/mol. The van der Waals surface area contributed by atoms with Gasteiger partial charge in [-0.2, -0.15) is 0 Å². The van der Waals surface area contributed by atoms with E-state index in [4.69, 9.17) is 4.42 Å². The number of nitrogens with zero attached hydrogens (tertiary/aromatic N) is 2. The molecule has 0 saturated carbocycles. The van der Waals surface area contributed by atoms with Crippen molar-refractivity contribution in [3.8, 4) is 5.88 Å². The van der Waals surface area contributed by atoms with Crippen molar-refractivity contribution in [2.75, 3.05) is 0 Å². The number of aryl methyl sites for hydroxylation is 3. The highest BCUT2D eigenvalue weighted by Gasteiger charge is 2.15. The number of H-pyrrole nitrogens is 1. The SMILES string of the molecule is Cc1cc(C)c2[nH]c(O)c(N=NC(=O)c3ccoc3C)c2c1. The number of aromatic hydroxyl groups is 1. The van der Waals surface area contributed by atoms with Gasteiger partial charge in [-0.05, 0) is 38.5 Å². The molecule has 3 aromatic rings. The van der Waals surface area contributed by atoms with Crippen LogP contribution in [0, 0.1) is 20.8 Å². The first-order valence-corrected chi connectivity index (χ1v) is 6.79. The highest BCUT2D eigenvalue weighted by molar-refractivity contribution is 5.98. The second-order valence-electron chi connectivity index (χ2n) is 5.22. The monoisotopic (exact) mass is 297 g/mol. The molecule has 0 fully saturated rings. The minimum absolute atomic E-state index is 0.107. The zero-order chi connectivity index (χ0) is 15.9. The molecule has 22 heavy (non-hydrogen) atoms. The summed E-state index contributed by atoms with van der Waals surface area (Å²) in [5, 5.41) is 18.4. The van der Waals surface area contributed by atoms with Crippen LogP contribution in [-0.2, 0) is 0 Å². The summed E-state index contributed by atoms with van der Waals surface area (Å²) in [5.74, 6) is -0.132. The molecular formula is C16H15N3O3. The van der Waals surface area contributed by atoms with Crippen LogP contribution in [0.5, 0.6) is 5.88 Å². The Morgan fingerprint density at radius 3 is 2.73 bits per heavy atom. The molecule has 0 aliphatic carbocycles. The van der Waals surface area contributed by atoms with E-state index in [2.05, 4.69) is 15.2 Å². The quantitative estimate of drug-likeness (QED) is 0.690. The van der Waals surface area contributed by atoms with Crippen LogP contribution in [0.25, 0.3) is 10.9 Å². The van der Waals surface area contributed by atoms with Gasteiger partial charge >= 0.3 is 0 Å². The minimum atomic E-state index is -0.510. The molecule has 6 heteroatoms. The summed E-state index contributed by atoms with van der Waals surface area (Å²) in [4.78, 5) is 14.9. The van der Waals surface area contributed by atoms with Crippen LogP contribution in [0.4, 0.5) is 5.69 Å². The number of fused-ring (bicyclic) bond motifs is 1. The van der Waals surface area contributed by atoms with Crippen LogP contribution in [-0.4, -0.2) is 16.0 Å². The Morgan fingerprint density at radius 1 is 1.27 bits per heavy atom. The lowest BCUT2D eigenvalue weighted by Crippen LogP contribution is -1.92. The second kappa shape index (κ2) is 5.14. The third kappa shape index (κ3) is 2.28. The Bertz CT molecular complexity index is 903. The van der Waals surface area contributed by atoms with E-state index >= 15 is 0 Å². The van der Waals surface area contributed by atoms with Gasteiger partial charge in [0.15, 0.2) is 5.69 Å². The molecule has 0 bridgehead atoms. The molecule has 0 saturated heterocycles. The van der Waals surface area contributed by atoms with E-state index in [1.807, 2.05) is 26.0 Å². The van der Waals surface area contributed by atoms with Crippen molar-refractivity contribution in [1.82, 2.24) is 4.98 Å². The maximum absolute atomic E-state index is 12.0. The molecule has 0 unspecified atom stereocenters. The Labute approximate surface area is 126 Å². The van der Waals surface area contributed by atoms with E-state index in [0.29, 0.717) is 11.3 Å². The number of hydrogen-bond acceptors (Lipinski definition) is 4. The molecule has 1 aromatic carbocycles. The molecule has 6 nitrogen and oxygen atoms in total. The van der Waals surface area contributed by atoms with E-state index < -0.39 is 5.91 Å². The Kier molecular flexibility index (Phi) is 3.29. The number of rotatable bonds is 2. The molecule has 2 heterocycles. The van der Waals surface area contributed by atoms with Crippen LogP contribution in [0.2, 0.25) is 0 Å². The first-order valence-electron chi connectivity index (χ1n) is 6.79. The lowest BCUT2D eigenvalue weighted by Gasteiger charge is -1.98. The van der Waals surface area contributed by atoms with Crippen LogP contribution in [0.1, 0.15) is 27.2 Å². The highest BCUT2D eigenvalue weighted by atomic mass is 16.3. The fraction of sp³-hybridized carbons (Fsp3) is 0.188. The van der Waals surface area contributed by atoms with Gasteiger partial charge in [0, 0.05) is 5.39 Å². The van der Waals surface area contributed by atoms with Crippen molar-refractivity contribution >= 4 is 22.5 Å². The molecule has 112 valence electrons. The van der Waals surface area contributed by atoms with Gasteiger partial charge in [-0.1, -0.05) is 11.6 Å². The molecule has 1 amide bonds. The largest absolute Gasteiger partial charge is 0.493 e. The third-order valence-corrected chi connectivity index (χ3v) is 3.53. The molecular weight excluding hydrogens is 282 g/mol. The molecule has 0 radical (unpaired) electrons. The van der Waals surface area contributed by atoms with Crippen LogP contribution in [0.3, 0.4) is 0 Å². The van der Waals surface area contributed by atoms with Gasteiger partial charge in [-0.3, -0.25) is 4.79 Å². The minimum Gasteiger partial charge on any atom is -0.493 e. The van der Waals surface area contributed by atoms with Gasteiger partial charge in [-0.25, -0.2) is 0 Å². The Hall–Kier alpha value is -2.89. The Morgan fingerprint density at radius 2 is 2.05 bits per heavy atom. The van der Waals surface area contributed by atoms with Crippen molar-refractivity contribution in [1.29, 1.82) is 0 Å². The van der Waals surface area contributed by atoms with Crippen LogP contribution < -0.4 is 0 Å². The number of nitrogens with one attached hydrogen (secondary N) is 1. The smallest absolute Gasteiger partial charge is 0.298 e. The van der Waals surface area contributed by atoms with Gasteiger partial charge in [0.1, 0.15) is 5.76 Å². The average Bonchev–Trinajstić information content (AvgIpc) is 3.00. The molecule has 0 aliphatic heterocycles. The predicted octanol–water partition coefficient (Wildman–Crippen LogP) is 4.32. The van der Waals surface area contributed by atoms with E-state index in [9.17, 15) is 9.90 Å². The zero-order valence-electron chi connectivity index (χ0n) is 12.5. The van der Waals surface area contributed by atoms with E-state index in [1.54, 1.807) is 13.0 Å². The van der Waals surface area contributed by atoms with Crippen molar-refractivity contribution < 1.29 is 14.3 Å². The fourth-order valence-corrected chi connectivity index (χ4v) is 2.48. The molecule has 0 spiro atoms. The summed E-state index contributed by atoms with van der Waals surface area (Å²) in [6, 6.07) is 5.43. The zero-order valence-corrected chi connectivity index (χ0v) is 12.5. The van der Waals surface area contributed by atoms with Gasteiger partial charge in [-0.15, -0.1) is 10.2 Å². The molecule has 3 rings (SSSR count). The Balaban J connectivity index is 2.04. The van der Waals surface area contributed by atoms with E-state index in [0.717, 1.165) is 22.0 Å². The first-order chi connectivity index (χ1) is 10.5. The number of aromatic nitrogens is 1. The topological polar surface area (TPSA) is 91.0 Å². The van der Waals surface area contributed by atoms with E-state index in [1.165, 1.54) is 6.26 Å². The summed E-state index contributed by atoms with van der Waals surface area (Å²) in [6.07, 6.45) is 1.42. The number of amides is 1. The van der Waals surface area contributed by atoms with Gasteiger partial charge < -0.3 is 14.5 Å². The highest BCUT2D eigenvalue weighted by Crippen LogP contribution is 2.37. The van der Waals surface area contributed by atoms with Crippen molar-refractivity contribution in [2.45, 2.75) is 20.8 Å². The fourth-order valence-electron chi connectivity index (χ4n) is 2.48. The normalized spacial score (nSPS) is 11.6. The third-order valence-electron chi connectivity index (χ3n) is 3.53. The van der Waals surface area contributed by atoms with Gasteiger partial charge in [0.25, 0.3) is 5.91 Å². The summed E-state index contributed by atoms with van der Waals surface area (Å²) in [6.45, 7) is 5.57. The molecule has 2 N–H and O–H groups in total. The van der Waals surface area contributed by atoms with Crippen LogP contribution >= 0.6 is 0 Å². The second-order valence-corrected chi connectivity index (χ2v) is 5.22. The number of aromatic amines is 1. The van der Waals surface area contributed by atoms with Crippen molar-refractivity contribution in [2.24, 2.45) is 10.2 Å². The lowest BCUT2D eigenvalue weighted by molar-refractivity contribution is 0.0993. The lowest BCUT2D eigenvalue weighted by atomic mass is 10.1. The molecule has 2 aromatic heterocycles. The summed E-state index contributed by atoms with van der Waals surface area (Å²) >= 11 is 0. The van der Waals surface area contributed by atoms with Crippen LogP contribution in [0.15, 0.2) is 39.1 Å². The number of benzene rings is 1. The number of hydrogen-bond donors (Lipinski definition) is 2. The number of azo groups is 1. The van der Waals surface area contributed by atoms with Gasteiger partial charge in [0.05, 0.1) is 17.3 Å². The number of furan rings is 1. The maximum Gasteiger partial charge on any atom is 0.298 e. The summed E-state index contributed by atoms with van der Waals surface area (Å²) < 4.78 is 5.07.